The number of fused-ring (bicyclic) bond motifs is 1. The maximum atomic E-state index is 12.5. The lowest BCUT2D eigenvalue weighted by atomic mass is 10.1. The van der Waals surface area contributed by atoms with Crippen LogP contribution in [0.4, 0.5) is 5.69 Å². The average Bonchev–Trinajstić information content (AvgIpc) is 3.21. The molecule has 0 spiro atoms. The highest BCUT2D eigenvalue weighted by Crippen LogP contribution is 2.28. The highest BCUT2D eigenvalue weighted by Gasteiger charge is 2.13. The summed E-state index contributed by atoms with van der Waals surface area (Å²) in [5.74, 6) is 1.23. The number of anilines is 1. The molecule has 0 aliphatic carbocycles. The molecule has 0 aliphatic rings. The van der Waals surface area contributed by atoms with Gasteiger partial charge in [0.15, 0.2) is 5.65 Å². The van der Waals surface area contributed by atoms with Crippen LogP contribution in [0.15, 0.2) is 59.8 Å². The normalized spacial score (nSPS) is 10.8. The highest BCUT2D eigenvalue weighted by atomic mass is 35.5. The van der Waals surface area contributed by atoms with Crippen molar-refractivity contribution in [2.75, 3.05) is 24.8 Å². The van der Waals surface area contributed by atoms with Gasteiger partial charge in [0.2, 0.25) is 11.1 Å². The van der Waals surface area contributed by atoms with Gasteiger partial charge in [-0.1, -0.05) is 23.4 Å². The fourth-order valence-electron chi connectivity index (χ4n) is 3.00. The van der Waals surface area contributed by atoms with E-state index < -0.39 is 0 Å². The summed E-state index contributed by atoms with van der Waals surface area (Å²) in [6.45, 7) is 2.56. The van der Waals surface area contributed by atoms with E-state index in [9.17, 15) is 4.79 Å². The van der Waals surface area contributed by atoms with Gasteiger partial charge in [-0.2, -0.15) is 9.61 Å². The number of hydrogen-bond donors (Lipinski definition) is 1. The number of ether oxygens (including phenoxy) is 2. The molecule has 164 valence electrons. The average molecular weight is 470 g/mol. The number of carbonyl (C=O) groups excluding carboxylic acids is 1. The van der Waals surface area contributed by atoms with Gasteiger partial charge in [0.05, 0.1) is 30.9 Å². The summed E-state index contributed by atoms with van der Waals surface area (Å²) >= 11 is 7.26. The number of halogens is 1. The molecule has 0 bridgehead atoms. The van der Waals surface area contributed by atoms with Gasteiger partial charge in [-0.05, 0) is 61.5 Å². The summed E-state index contributed by atoms with van der Waals surface area (Å²) in [7, 11) is 1.53. The number of amides is 1. The molecular weight excluding hydrogens is 450 g/mol. The molecule has 0 radical (unpaired) electrons. The Hall–Kier alpha value is -3.30. The Kier molecular flexibility index (Phi) is 6.77. The quantitative estimate of drug-likeness (QED) is 0.377. The Morgan fingerprint density at radius 3 is 2.69 bits per heavy atom. The molecule has 0 saturated heterocycles. The summed E-state index contributed by atoms with van der Waals surface area (Å²) < 4.78 is 12.4. The van der Waals surface area contributed by atoms with Crippen LogP contribution < -0.4 is 14.8 Å². The van der Waals surface area contributed by atoms with E-state index in [4.69, 9.17) is 21.1 Å². The van der Waals surface area contributed by atoms with Crippen LogP contribution in [0.1, 0.15) is 6.92 Å². The zero-order valence-electron chi connectivity index (χ0n) is 17.4. The van der Waals surface area contributed by atoms with E-state index in [1.807, 2.05) is 43.3 Å². The molecule has 0 aliphatic heterocycles. The van der Waals surface area contributed by atoms with Gasteiger partial charge in [0, 0.05) is 10.6 Å². The molecular formula is C22H20ClN5O3S. The second-order valence-corrected chi connectivity index (χ2v) is 7.99. The zero-order valence-corrected chi connectivity index (χ0v) is 19.0. The molecule has 2 aromatic carbocycles. The van der Waals surface area contributed by atoms with Crippen molar-refractivity contribution >= 4 is 40.6 Å². The Balaban J connectivity index is 1.48. The fourth-order valence-corrected chi connectivity index (χ4v) is 3.86. The number of hydrogen-bond acceptors (Lipinski definition) is 7. The molecule has 2 aromatic heterocycles. The molecule has 4 aromatic rings. The number of aromatic nitrogens is 4. The largest absolute Gasteiger partial charge is 0.495 e. The number of rotatable bonds is 8. The van der Waals surface area contributed by atoms with Crippen LogP contribution in [-0.4, -0.2) is 45.2 Å². The van der Waals surface area contributed by atoms with E-state index in [-0.39, 0.29) is 11.7 Å². The van der Waals surface area contributed by atoms with Crippen molar-refractivity contribution in [3.63, 3.8) is 0 Å². The van der Waals surface area contributed by atoms with E-state index in [0.717, 1.165) is 17.0 Å². The predicted molar refractivity (Wildman–Crippen MR) is 125 cm³/mol. The molecule has 0 fully saturated rings. The minimum atomic E-state index is -0.227. The third kappa shape index (κ3) is 4.95. The Morgan fingerprint density at radius 2 is 1.94 bits per heavy atom. The molecule has 10 heteroatoms. The highest BCUT2D eigenvalue weighted by molar-refractivity contribution is 7.99. The van der Waals surface area contributed by atoms with Crippen LogP contribution in [-0.2, 0) is 4.79 Å². The number of carbonyl (C=O) groups is 1. The lowest BCUT2D eigenvalue weighted by molar-refractivity contribution is -0.113. The minimum absolute atomic E-state index is 0.116. The lowest BCUT2D eigenvalue weighted by Gasteiger charge is -2.10. The van der Waals surface area contributed by atoms with E-state index >= 15 is 0 Å². The molecule has 0 atom stereocenters. The summed E-state index contributed by atoms with van der Waals surface area (Å²) in [5.41, 5.74) is 2.80. The lowest BCUT2D eigenvalue weighted by Crippen LogP contribution is -2.15. The second kappa shape index (κ2) is 9.88. The minimum Gasteiger partial charge on any atom is -0.495 e. The molecule has 0 saturated carbocycles. The molecule has 1 amide bonds. The van der Waals surface area contributed by atoms with Crippen LogP contribution in [0.25, 0.3) is 16.9 Å². The Labute approximate surface area is 193 Å². The van der Waals surface area contributed by atoms with E-state index in [0.29, 0.717) is 33.9 Å². The van der Waals surface area contributed by atoms with Gasteiger partial charge in [-0.15, -0.1) is 10.2 Å². The monoisotopic (exact) mass is 469 g/mol. The van der Waals surface area contributed by atoms with Crippen molar-refractivity contribution < 1.29 is 14.3 Å². The van der Waals surface area contributed by atoms with Crippen molar-refractivity contribution in [2.45, 2.75) is 12.1 Å². The number of benzene rings is 2. The molecule has 1 N–H and O–H groups in total. The van der Waals surface area contributed by atoms with Crippen molar-refractivity contribution in [3.05, 3.63) is 59.6 Å². The van der Waals surface area contributed by atoms with Crippen LogP contribution in [0.2, 0.25) is 5.02 Å². The van der Waals surface area contributed by atoms with E-state index in [2.05, 4.69) is 20.6 Å². The molecule has 0 unspecified atom stereocenters. The van der Waals surface area contributed by atoms with Crippen LogP contribution in [0.5, 0.6) is 11.5 Å². The number of nitrogens with one attached hydrogen (secondary N) is 1. The molecule has 4 rings (SSSR count). The number of thioether (sulfide) groups is 1. The summed E-state index contributed by atoms with van der Waals surface area (Å²) in [6, 6.07) is 16.5. The van der Waals surface area contributed by atoms with Crippen molar-refractivity contribution in [2.24, 2.45) is 0 Å². The van der Waals surface area contributed by atoms with Gasteiger partial charge < -0.3 is 14.8 Å². The maximum absolute atomic E-state index is 12.5. The maximum Gasteiger partial charge on any atom is 0.234 e. The molecule has 32 heavy (non-hydrogen) atoms. The third-order valence-electron chi connectivity index (χ3n) is 4.46. The summed E-state index contributed by atoms with van der Waals surface area (Å²) in [6.07, 6.45) is 0. The first-order chi connectivity index (χ1) is 15.6. The fraction of sp³-hybridized carbons (Fsp3) is 0.182. The van der Waals surface area contributed by atoms with Crippen molar-refractivity contribution in [1.82, 2.24) is 19.8 Å². The molecule has 2 heterocycles. The van der Waals surface area contributed by atoms with Crippen LogP contribution >= 0.6 is 23.4 Å². The smallest absolute Gasteiger partial charge is 0.234 e. The van der Waals surface area contributed by atoms with Gasteiger partial charge in [-0.3, -0.25) is 4.79 Å². The van der Waals surface area contributed by atoms with Gasteiger partial charge in [0.25, 0.3) is 0 Å². The number of nitrogens with zero attached hydrogens (tertiary/aromatic N) is 4. The van der Waals surface area contributed by atoms with Crippen LogP contribution in [0.3, 0.4) is 0 Å². The first-order valence-electron chi connectivity index (χ1n) is 9.79. The Morgan fingerprint density at radius 1 is 1.12 bits per heavy atom. The zero-order chi connectivity index (χ0) is 22.5. The van der Waals surface area contributed by atoms with Crippen LogP contribution in [0, 0.1) is 0 Å². The second-order valence-electron chi connectivity index (χ2n) is 6.61. The van der Waals surface area contributed by atoms with Crippen molar-refractivity contribution in [1.29, 1.82) is 0 Å². The topological polar surface area (TPSA) is 90.6 Å². The van der Waals surface area contributed by atoms with Gasteiger partial charge >= 0.3 is 0 Å². The molecule has 8 nitrogen and oxygen atoms in total. The van der Waals surface area contributed by atoms with E-state index in [1.54, 1.807) is 22.7 Å². The first-order valence-corrected chi connectivity index (χ1v) is 11.2. The summed E-state index contributed by atoms with van der Waals surface area (Å²) in [4.78, 5) is 12.5. The van der Waals surface area contributed by atoms with Gasteiger partial charge in [0.1, 0.15) is 11.5 Å². The first kappa shape index (κ1) is 21.9. The summed E-state index contributed by atoms with van der Waals surface area (Å²) in [5, 5.41) is 16.8. The predicted octanol–water partition coefficient (Wildman–Crippen LogP) is 4.58. The standard InChI is InChI=1S/C22H20ClN5O3S/c1-3-31-16-7-4-14(5-8-16)17-9-11-20-25-26-22(28(20)27-17)32-13-21(29)24-18-12-15(23)6-10-19(18)30-2/h4-12H,3,13H2,1-2H3,(H,24,29). The van der Waals surface area contributed by atoms with Gasteiger partial charge in [-0.25, -0.2) is 0 Å². The number of methoxy groups -OCH3 is 1. The SMILES string of the molecule is CCOc1ccc(-c2ccc3nnc(SCC(=O)Nc4cc(Cl)ccc4OC)n3n2)cc1. The Bertz CT molecular complexity index is 1250. The van der Waals surface area contributed by atoms with Crippen molar-refractivity contribution in [3.8, 4) is 22.8 Å². The third-order valence-corrected chi connectivity index (χ3v) is 5.62. The van der Waals surface area contributed by atoms with E-state index in [1.165, 1.54) is 18.9 Å².